The molecular weight excluding hydrogens is 442 g/mol. The van der Waals surface area contributed by atoms with E-state index in [1.807, 2.05) is 18.2 Å². The molecule has 5 rings (SSSR count). The smallest absolute Gasteiger partial charge is 0.343 e. The third-order valence-corrected chi connectivity index (χ3v) is 7.71. The first kappa shape index (κ1) is 22.0. The number of halogens is 1. The Morgan fingerprint density at radius 2 is 1.88 bits per heavy atom. The highest BCUT2D eigenvalue weighted by Crippen LogP contribution is 2.58. The van der Waals surface area contributed by atoms with E-state index in [1.165, 1.54) is 0 Å². The molecule has 0 unspecified atom stereocenters. The lowest BCUT2D eigenvalue weighted by molar-refractivity contribution is -0.122. The van der Waals surface area contributed by atoms with Gasteiger partial charge in [-0.25, -0.2) is 4.79 Å². The molecule has 0 amide bonds. The second kappa shape index (κ2) is 8.19. The zero-order valence-corrected chi connectivity index (χ0v) is 19.6. The number of hydrogen-bond donors (Lipinski definition) is 0. The number of Topliss-reactive ketones (excluding diaryl/α,β-unsaturated/α-hetero) is 1. The van der Waals surface area contributed by atoms with Crippen LogP contribution in [-0.2, 0) is 21.4 Å². The van der Waals surface area contributed by atoms with Gasteiger partial charge >= 0.3 is 5.97 Å². The van der Waals surface area contributed by atoms with Crippen molar-refractivity contribution in [2.75, 3.05) is 27.8 Å². The first-order chi connectivity index (χ1) is 15.9. The fourth-order valence-corrected chi connectivity index (χ4v) is 5.97. The molecule has 1 saturated heterocycles. The van der Waals surface area contributed by atoms with Crippen LogP contribution in [0, 0.1) is 5.92 Å². The number of allylic oxidation sites excluding steroid dienone is 1. The standard InChI is InChI=1S/C26H26ClNO5/c1-28-11-10-26-14-20(29)22(32-3)13-18(26)19(28)12-16-6-9-21(31-2)24(23(16)26)33-25(30)15-4-7-17(27)8-5-15/h4-9,13,18-19H,10-12,14H2,1-3H3/t18-,19+,26-/m1/s1. The highest BCUT2D eigenvalue weighted by molar-refractivity contribution is 6.30. The Morgan fingerprint density at radius 1 is 1.12 bits per heavy atom. The lowest BCUT2D eigenvalue weighted by atomic mass is 9.53. The first-order valence-corrected chi connectivity index (χ1v) is 11.4. The number of methoxy groups -OCH3 is 2. The summed E-state index contributed by atoms with van der Waals surface area (Å²) in [6.07, 6.45) is 3.86. The van der Waals surface area contributed by atoms with Crippen LogP contribution in [0.2, 0.25) is 5.02 Å². The number of nitrogens with zero attached hydrogens (tertiary/aromatic N) is 1. The van der Waals surface area contributed by atoms with Crippen molar-refractivity contribution >= 4 is 23.4 Å². The van der Waals surface area contributed by atoms with Gasteiger partial charge in [0.15, 0.2) is 23.0 Å². The van der Waals surface area contributed by atoms with Crippen molar-refractivity contribution in [1.82, 2.24) is 4.90 Å². The summed E-state index contributed by atoms with van der Waals surface area (Å²) in [5, 5.41) is 0.543. The molecule has 2 aromatic carbocycles. The van der Waals surface area contributed by atoms with Crippen molar-refractivity contribution in [3.8, 4) is 11.5 Å². The Morgan fingerprint density at radius 3 is 2.58 bits per heavy atom. The van der Waals surface area contributed by atoms with Crippen LogP contribution in [-0.4, -0.2) is 50.5 Å². The predicted octanol–water partition coefficient (Wildman–Crippen LogP) is 4.19. The molecule has 6 nitrogen and oxygen atoms in total. The SMILES string of the molecule is COC1=C[C@@H]2[C@@H]3Cc4ccc(OC)c(OC(=O)c5ccc(Cl)cc5)c4[C@]2(CCN3C)CC1=O. The van der Waals surface area contributed by atoms with Crippen LogP contribution in [0.4, 0.5) is 0 Å². The maximum absolute atomic E-state index is 13.1. The molecule has 3 aliphatic rings. The van der Waals surface area contributed by atoms with Gasteiger partial charge in [0.25, 0.3) is 0 Å². The van der Waals surface area contributed by atoms with E-state index in [2.05, 4.69) is 11.9 Å². The summed E-state index contributed by atoms with van der Waals surface area (Å²) in [7, 11) is 5.23. The number of likely N-dealkylation sites (tertiary alicyclic amines) is 1. The zero-order chi connectivity index (χ0) is 23.3. The number of piperidine rings is 1. The molecule has 0 aromatic heterocycles. The van der Waals surface area contributed by atoms with Crippen LogP contribution in [0.15, 0.2) is 48.2 Å². The second-order valence-corrected chi connectivity index (χ2v) is 9.48. The summed E-state index contributed by atoms with van der Waals surface area (Å²) in [6.45, 7) is 0.853. The van der Waals surface area contributed by atoms with Gasteiger partial charge in [-0.05, 0) is 68.4 Å². The van der Waals surface area contributed by atoms with Crippen LogP contribution in [0.25, 0.3) is 0 Å². The van der Waals surface area contributed by atoms with Crippen molar-refractivity contribution in [1.29, 1.82) is 0 Å². The minimum Gasteiger partial charge on any atom is -0.493 e. The Labute approximate surface area is 198 Å². The van der Waals surface area contributed by atoms with E-state index in [4.69, 9.17) is 25.8 Å². The molecule has 0 N–H and O–H groups in total. The van der Waals surface area contributed by atoms with E-state index in [0.29, 0.717) is 34.3 Å². The van der Waals surface area contributed by atoms with Gasteiger partial charge in [-0.2, -0.15) is 0 Å². The van der Waals surface area contributed by atoms with E-state index in [9.17, 15) is 9.59 Å². The predicted molar refractivity (Wildman–Crippen MR) is 124 cm³/mol. The summed E-state index contributed by atoms with van der Waals surface area (Å²) in [5.74, 6) is 0.860. The molecule has 1 fully saturated rings. The molecule has 1 heterocycles. The molecule has 172 valence electrons. The number of hydrogen-bond acceptors (Lipinski definition) is 6. The summed E-state index contributed by atoms with van der Waals surface area (Å²) < 4.78 is 17.1. The van der Waals surface area contributed by atoms with Crippen LogP contribution in [0.1, 0.15) is 34.3 Å². The number of rotatable bonds is 4. The monoisotopic (exact) mass is 467 g/mol. The zero-order valence-electron chi connectivity index (χ0n) is 18.9. The van der Waals surface area contributed by atoms with Gasteiger partial charge in [0.1, 0.15) is 0 Å². The molecule has 3 atom stereocenters. The molecular formula is C26H26ClNO5. The quantitative estimate of drug-likeness (QED) is 0.496. The molecule has 2 bridgehead atoms. The van der Waals surface area contributed by atoms with Crippen LogP contribution in [0.3, 0.4) is 0 Å². The van der Waals surface area contributed by atoms with Gasteiger partial charge < -0.3 is 19.1 Å². The largest absolute Gasteiger partial charge is 0.493 e. The van der Waals surface area contributed by atoms with Gasteiger partial charge in [-0.3, -0.25) is 4.79 Å². The van der Waals surface area contributed by atoms with Crippen molar-refractivity contribution < 1.29 is 23.8 Å². The Kier molecular flexibility index (Phi) is 5.46. The Balaban J connectivity index is 1.67. The molecule has 0 radical (unpaired) electrons. The van der Waals surface area contributed by atoms with E-state index >= 15 is 0 Å². The van der Waals surface area contributed by atoms with Gasteiger partial charge in [0.05, 0.1) is 19.8 Å². The van der Waals surface area contributed by atoms with Crippen molar-refractivity contribution in [2.45, 2.75) is 30.7 Å². The van der Waals surface area contributed by atoms with E-state index < -0.39 is 11.4 Å². The Hall–Kier alpha value is -2.83. The molecule has 2 aromatic rings. The molecule has 7 heteroatoms. The molecule has 0 saturated carbocycles. The number of ketones is 1. The molecule has 1 aliphatic heterocycles. The average molecular weight is 468 g/mol. The topological polar surface area (TPSA) is 65.1 Å². The second-order valence-electron chi connectivity index (χ2n) is 9.05. The van der Waals surface area contributed by atoms with Crippen molar-refractivity contribution in [3.63, 3.8) is 0 Å². The fraction of sp³-hybridized carbons (Fsp3) is 0.385. The van der Waals surface area contributed by atoms with Crippen LogP contribution >= 0.6 is 11.6 Å². The minimum absolute atomic E-state index is 0.0253. The lowest BCUT2D eigenvalue weighted by Crippen LogP contribution is -2.60. The van der Waals surface area contributed by atoms with Crippen LogP contribution in [0.5, 0.6) is 11.5 Å². The number of carbonyl (C=O) groups excluding carboxylic acids is 2. The van der Waals surface area contributed by atoms with Gasteiger partial charge in [-0.1, -0.05) is 17.7 Å². The summed E-state index contributed by atoms with van der Waals surface area (Å²) >= 11 is 5.98. The van der Waals surface area contributed by atoms with E-state index in [-0.39, 0.29) is 17.7 Å². The van der Waals surface area contributed by atoms with E-state index in [0.717, 1.165) is 30.5 Å². The van der Waals surface area contributed by atoms with Crippen LogP contribution < -0.4 is 9.47 Å². The fourth-order valence-electron chi connectivity index (χ4n) is 5.85. The summed E-state index contributed by atoms with van der Waals surface area (Å²) in [5.41, 5.74) is 1.92. The minimum atomic E-state index is -0.489. The third-order valence-electron chi connectivity index (χ3n) is 7.46. The summed E-state index contributed by atoms with van der Waals surface area (Å²) in [6, 6.07) is 10.7. The van der Waals surface area contributed by atoms with Crippen molar-refractivity contribution in [3.05, 3.63) is 69.9 Å². The normalized spacial score (nSPS) is 26.1. The molecule has 2 aliphatic carbocycles. The van der Waals surface area contributed by atoms with Gasteiger partial charge in [-0.15, -0.1) is 0 Å². The number of likely N-dealkylation sites (N-methyl/N-ethyl adjacent to an activating group) is 1. The van der Waals surface area contributed by atoms with Gasteiger partial charge in [0, 0.05) is 34.4 Å². The number of benzene rings is 2. The number of carbonyl (C=O) groups is 2. The summed E-state index contributed by atoms with van der Waals surface area (Å²) in [4.78, 5) is 28.5. The lowest BCUT2D eigenvalue weighted by Gasteiger charge is -2.56. The third kappa shape index (κ3) is 3.44. The highest BCUT2D eigenvalue weighted by atomic mass is 35.5. The van der Waals surface area contributed by atoms with E-state index in [1.54, 1.807) is 38.5 Å². The maximum Gasteiger partial charge on any atom is 0.343 e. The highest BCUT2D eigenvalue weighted by Gasteiger charge is 2.56. The number of ether oxygens (including phenoxy) is 3. The molecule has 0 spiro atoms. The maximum atomic E-state index is 13.1. The number of fused-ring (bicyclic) bond motifs is 1. The van der Waals surface area contributed by atoms with Crippen molar-refractivity contribution in [2.24, 2.45) is 5.92 Å². The van der Waals surface area contributed by atoms with Gasteiger partial charge in [0.2, 0.25) is 0 Å². The molecule has 33 heavy (non-hydrogen) atoms. The Bertz CT molecular complexity index is 1160. The first-order valence-electron chi connectivity index (χ1n) is 11.1. The average Bonchev–Trinajstić information content (AvgIpc) is 2.81. The number of esters is 1.